The third-order valence-electron chi connectivity index (χ3n) is 4.94. The molecule has 2 atom stereocenters. The number of benzene rings is 1. The van der Waals surface area contributed by atoms with Gasteiger partial charge in [-0.15, -0.1) is 12.4 Å². The normalized spacial score (nSPS) is 23.3. The van der Waals surface area contributed by atoms with Crippen molar-refractivity contribution >= 4 is 41.5 Å². The molecule has 1 aromatic carbocycles. The van der Waals surface area contributed by atoms with Crippen molar-refractivity contribution in [2.45, 2.75) is 38.6 Å². The van der Waals surface area contributed by atoms with Gasteiger partial charge in [0.1, 0.15) is 0 Å². The third kappa shape index (κ3) is 4.14. The Bertz CT molecular complexity index is 573. The zero-order valence-corrected chi connectivity index (χ0v) is 15.6. The second-order valence-corrected chi connectivity index (χ2v) is 7.21. The predicted octanol–water partition coefficient (Wildman–Crippen LogP) is 4.25. The Kier molecular flexibility index (Phi) is 6.61. The summed E-state index contributed by atoms with van der Waals surface area (Å²) in [5, 5.41) is 4.70. The minimum absolute atomic E-state index is 0. The topological polar surface area (TPSA) is 32.3 Å². The van der Waals surface area contributed by atoms with Crippen molar-refractivity contribution < 1.29 is 4.79 Å². The van der Waals surface area contributed by atoms with Crippen molar-refractivity contribution in [3.63, 3.8) is 0 Å². The fraction of sp³-hybridized carbons (Fsp3) is 0.588. The Balaban J connectivity index is 0.00000192. The average molecular weight is 378 g/mol. The van der Waals surface area contributed by atoms with Gasteiger partial charge in [0, 0.05) is 23.0 Å². The maximum atomic E-state index is 12.6. The van der Waals surface area contributed by atoms with Crippen molar-refractivity contribution in [3.8, 4) is 0 Å². The van der Waals surface area contributed by atoms with E-state index in [1.165, 1.54) is 12.0 Å². The first-order chi connectivity index (χ1) is 10.6. The highest BCUT2D eigenvalue weighted by Gasteiger charge is 2.30. The third-order valence-corrected chi connectivity index (χ3v) is 5.47. The molecule has 0 bridgehead atoms. The number of nitrogens with one attached hydrogen (secondary N) is 1. The number of carbonyl (C=O) groups excluding carboxylic acids is 1. The van der Waals surface area contributed by atoms with Gasteiger partial charge in [0.25, 0.3) is 0 Å². The minimum Gasteiger partial charge on any atom is -0.336 e. The highest BCUT2D eigenvalue weighted by atomic mass is 35.5. The molecule has 2 unspecified atom stereocenters. The van der Waals surface area contributed by atoms with E-state index in [9.17, 15) is 4.79 Å². The quantitative estimate of drug-likeness (QED) is 0.854. The number of amides is 1. The van der Waals surface area contributed by atoms with E-state index in [0.717, 1.165) is 38.0 Å². The van der Waals surface area contributed by atoms with Gasteiger partial charge in [-0.05, 0) is 68.5 Å². The highest BCUT2D eigenvalue weighted by molar-refractivity contribution is 6.35. The van der Waals surface area contributed by atoms with Gasteiger partial charge in [-0.1, -0.05) is 23.2 Å². The average Bonchev–Trinajstić information content (AvgIpc) is 2.97. The molecule has 1 aromatic rings. The standard InChI is InChI=1S/C17H22Cl2N2O.ClH/c1-11-17-13(8-14(18)9-15(17)19)5-7-21(11)16(22)3-2-12-4-6-20-10-12;/h8-9,11-12,20H,2-7,10H2,1H3;1H. The van der Waals surface area contributed by atoms with E-state index in [2.05, 4.69) is 12.2 Å². The van der Waals surface area contributed by atoms with Gasteiger partial charge in [0.15, 0.2) is 0 Å². The number of carbonyl (C=O) groups is 1. The van der Waals surface area contributed by atoms with Gasteiger partial charge in [-0.2, -0.15) is 0 Å². The predicted molar refractivity (Wildman–Crippen MR) is 97.8 cm³/mol. The van der Waals surface area contributed by atoms with Crippen molar-refractivity contribution in [2.75, 3.05) is 19.6 Å². The Hall–Kier alpha value is -0.480. The molecule has 1 N–H and O–H groups in total. The van der Waals surface area contributed by atoms with Crippen molar-refractivity contribution in [2.24, 2.45) is 5.92 Å². The molecule has 0 aliphatic carbocycles. The number of fused-ring (bicyclic) bond motifs is 1. The van der Waals surface area contributed by atoms with Crippen LogP contribution in [0.2, 0.25) is 10.0 Å². The molecule has 128 valence electrons. The Morgan fingerprint density at radius 1 is 1.39 bits per heavy atom. The summed E-state index contributed by atoms with van der Waals surface area (Å²) in [6, 6.07) is 3.78. The van der Waals surface area contributed by atoms with Gasteiger partial charge in [-0.3, -0.25) is 4.79 Å². The molecule has 3 nitrogen and oxygen atoms in total. The highest BCUT2D eigenvalue weighted by Crippen LogP contribution is 2.37. The van der Waals surface area contributed by atoms with Crippen molar-refractivity contribution in [1.29, 1.82) is 0 Å². The van der Waals surface area contributed by atoms with Crippen LogP contribution in [0.25, 0.3) is 0 Å². The van der Waals surface area contributed by atoms with Crippen LogP contribution in [0.1, 0.15) is 43.4 Å². The first kappa shape index (κ1) is 18.9. The zero-order chi connectivity index (χ0) is 15.7. The summed E-state index contributed by atoms with van der Waals surface area (Å²) in [5.41, 5.74) is 2.24. The van der Waals surface area contributed by atoms with Crippen LogP contribution in [0, 0.1) is 5.92 Å². The molecule has 0 radical (unpaired) electrons. The Labute approximate surface area is 154 Å². The number of hydrogen-bond donors (Lipinski definition) is 1. The summed E-state index contributed by atoms with van der Waals surface area (Å²) in [5.74, 6) is 0.898. The fourth-order valence-corrected chi connectivity index (χ4v) is 4.37. The number of hydrogen-bond acceptors (Lipinski definition) is 2. The van der Waals surface area contributed by atoms with E-state index in [4.69, 9.17) is 23.2 Å². The Morgan fingerprint density at radius 3 is 2.87 bits per heavy atom. The van der Waals surface area contributed by atoms with E-state index >= 15 is 0 Å². The van der Waals surface area contributed by atoms with E-state index in [-0.39, 0.29) is 24.4 Å². The fourth-order valence-electron chi connectivity index (χ4n) is 3.68. The van der Waals surface area contributed by atoms with Crippen molar-refractivity contribution in [3.05, 3.63) is 33.3 Å². The molecule has 0 aromatic heterocycles. The van der Waals surface area contributed by atoms with Gasteiger partial charge in [-0.25, -0.2) is 0 Å². The molecule has 2 heterocycles. The van der Waals surface area contributed by atoms with Crippen LogP contribution in [-0.2, 0) is 11.2 Å². The van der Waals surface area contributed by atoms with Crippen molar-refractivity contribution in [1.82, 2.24) is 10.2 Å². The molecule has 23 heavy (non-hydrogen) atoms. The second kappa shape index (κ2) is 8.06. The number of rotatable bonds is 3. The van der Waals surface area contributed by atoms with Gasteiger partial charge in [0.05, 0.1) is 6.04 Å². The molecule has 1 fully saturated rings. The molecule has 0 spiro atoms. The molecule has 1 saturated heterocycles. The summed E-state index contributed by atoms with van der Waals surface area (Å²) in [4.78, 5) is 14.6. The van der Waals surface area contributed by atoms with E-state index in [1.807, 2.05) is 11.0 Å². The first-order valence-electron chi connectivity index (χ1n) is 8.04. The second-order valence-electron chi connectivity index (χ2n) is 6.37. The van der Waals surface area contributed by atoms with Crippen LogP contribution < -0.4 is 5.32 Å². The lowest BCUT2D eigenvalue weighted by atomic mass is 9.92. The maximum Gasteiger partial charge on any atom is 0.223 e. The first-order valence-corrected chi connectivity index (χ1v) is 8.80. The van der Waals surface area contributed by atoms with Gasteiger partial charge in [0.2, 0.25) is 5.91 Å². The van der Waals surface area contributed by atoms with Crippen LogP contribution in [0.15, 0.2) is 12.1 Å². The van der Waals surface area contributed by atoms with Gasteiger partial charge < -0.3 is 10.2 Å². The molecule has 0 saturated carbocycles. The summed E-state index contributed by atoms with van der Waals surface area (Å²) < 4.78 is 0. The molecular weight excluding hydrogens is 355 g/mol. The molecule has 2 aliphatic rings. The summed E-state index contributed by atoms with van der Waals surface area (Å²) in [7, 11) is 0. The maximum absolute atomic E-state index is 12.6. The van der Waals surface area contributed by atoms with Crippen LogP contribution in [0.5, 0.6) is 0 Å². The van der Waals surface area contributed by atoms with Crippen LogP contribution in [-0.4, -0.2) is 30.4 Å². The zero-order valence-electron chi connectivity index (χ0n) is 13.3. The largest absolute Gasteiger partial charge is 0.336 e. The minimum atomic E-state index is 0. The monoisotopic (exact) mass is 376 g/mol. The molecule has 1 amide bonds. The van der Waals surface area contributed by atoms with Crippen LogP contribution in [0.4, 0.5) is 0 Å². The number of nitrogens with zero attached hydrogens (tertiary/aromatic N) is 1. The number of halogens is 3. The molecule has 3 rings (SSSR count). The summed E-state index contributed by atoms with van der Waals surface area (Å²) in [6.07, 6.45) is 3.64. The molecular formula is C17H23Cl3N2O. The lowest BCUT2D eigenvalue weighted by molar-refractivity contribution is -0.134. The molecule has 6 heteroatoms. The smallest absolute Gasteiger partial charge is 0.223 e. The Morgan fingerprint density at radius 2 is 2.17 bits per heavy atom. The lowest BCUT2D eigenvalue weighted by Crippen LogP contribution is -2.39. The summed E-state index contributed by atoms with van der Waals surface area (Å²) in [6.45, 7) is 4.96. The SMILES string of the molecule is CC1c2c(Cl)cc(Cl)cc2CCN1C(=O)CCC1CCNC1.Cl. The molecule has 2 aliphatic heterocycles. The van der Waals surface area contributed by atoms with Crippen LogP contribution >= 0.6 is 35.6 Å². The van der Waals surface area contributed by atoms with Gasteiger partial charge >= 0.3 is 0 Å². The van der Waals surface area contributed by atoms with E-state index < -0.39 is 0 Å². The van der Waals surface area contributed by atoms with Crippen LogP contribution in [0.3, 0.4) is 0 Å². The van der Waals surface area contributed by atoms with E-state index in [1.54, 1.807) is 6.07 Å². The lowest BCUT2D eigenvalue weighted by Gasteiger charge is -2.36. The van der Waals surface area contributed by atoms with E-state index in [0.29, 0.717) is 22.4 Å². The summed E-state index contributed by atoms with van der Waals surface area (Å²) >= 11 is 12.4.